The molecule has 6 aromatic carbocycles. The molecule has 0 aromatic heterocycles. The standard InChI is InChI=1S/C78H96O12/c1-7-13-19-25-55-31-43-61(44-32-55)68(80)76(88-73(85)64-49-37-58(38-50-64)28-22-16-10-4)71(83)67(79)72(84)77(69(81)62-45-33-56(34-46-62)26-20-14-8-2,89-74(86)65-51-39-59(40-52-65)29-23-17-11-5)78(76,70(82)63-47-35-57(36-48-63)27-21-15-9-3)90-75(87)66-53-41-60(42-54-66)30-24-18-12-6/h31-54,67,71-72,79,83-84H,7-30H2,1-6H3/t67-,71-,72+,76+,77-,78-. The second kappa shape index (κ2) is 34.2. The van der Waals surface area contributed by atoms with Crippen molar-refractivity contribution in [2.24, 2.45) is 0 Å². The van der Waals surface area contributed by atoms with Gasteiger partial charge in [0.25, 0.3) is 16.8 Å². The van der Waals surface area contributed by atoms with Gasteiger partial charge in [-0.2, -0.15) is 0 Å². The van der Waals surface area contributed by atoms with Crippen molar-refractivity contribution >= 4 is 35.3 Å². The first-order chi connectivity index (χ1) is 43.6. The number of unbranched alkanes of at least 4 members (excludes halogenated alkanes) is 12. The molecule has 1 saturated carbocycles. The van der Waals surface area contributed by atoms with E-state index in [4.69, 9.17) is 14.2 Å². The average molecular weight is 1230 g/mol. The summed E-state index contributed by atoms with van der Waals surface area (Å²) in [6.45, 7) is 12.5. The molecule has 0 bridgehead atoms. The highest BCUT2D eigenvalue weighted by molar-refractivity contribution is 6.21. The molecule has 0 radical (unpaired) electrons. The van der Waals surface area contributed by atoms with Crippen LogP contribution in [0.2, 0.25) is 0 Å². The number of carbonyl (C=O) groups excluding carboxylic acids is 6. The minimum Gasteiger partial charge on any atom is -0.439 e. The third kappa shape index (κ3) is 16.2. The van der Waals surface area contributed by atoms with Gasteiger partial charge in [-0.15, -0.1) is 0 Å². The van der Waals surface area contributed by atoms with Crippen molar-refractivity contribution < 1.29 is 58.3 Å². The predicted molar refractivity (Wildman–Crippen MR) is 353 cm³/mol. The average Bonchev–Trinajstić information content (AvgIpc) is 0.673. The summed E-state index contributed by atoms with van der Waals surface area (Å²) in [5, 5.41) is 40.2. The number of aliphatic hydroxyl groups excluding tert-OH is 3. The highest BCUT2D eigenvalue weighted by Gasteiger charge is 2.88. The summed E-state index contributed by atoms with van der Waals surface area (Å²) in [5.74, 6) is -8.45. The number of esters is 3. The Bertz CT molecular complexity index is 3110. The fourth-order valence-electron chi connectivity index (χ4n) is 12.4. The number of hydrogen-bond donors (Lipinski definition) is 3. The number of benzene rings is 6. The fraction of sp³-hybridized carbons (Fsp3) is 0.462. The van der Waals surface area contributed by atoms with Crippen LogP contribution < -0.4 is 0 Å². The largest absolute Gasteiger partial charge is 0.439 e. The van der Waals surface area contributed by atoms with Crippen LogP contribution in [-0.4, -0.2) is 85.7 Å². The second-order valence-electron chi connectivity index (χ2n) is 24.6. The number of Topliss-reactive ketones (excluding diaryl/α,β-unsaturated/α-hetero) is 3. The van der Waals surface area contributed by atoms with E-state index < -0.39 is 70.4 Å². The zero-order valence-corrected chi connectivity index (χ0v) is 54.1. The van der Waals surface area contributed by atoms with Crippen molar-refractivity contribution in [1.29, 1.82) is 0 Å². The molecule has 12 nitrogen and oxygen atoms in total. The maximum Gasteiger partial charge on any atom is 0.339 e. The summed E-state index contributed by atoms with van der Waals surface area (Å²) in [6.07, 6.45) is 11.5. The Kier molecular flexibility index (Phi) is 26.6. The maximum absolute atomic E-state index is 17.5. The first-order valence-electron chi connectivity index (χ1n) is 33.5. The molecular formula is C78H96O12. The lowest BCUT2D eigenvalue weighted by molar-refractivity contribution is -0.293. The van der Waals surface area contributed by atoms with E-state index in [2.05, 4.69) is 41.5 Å². The first-order valence-corrected chi connectivity index (χ1v) is 33.5. The van der Waals surface area contributed by atoms with Crippen LogP contribution >= 0.6 is 0 Å². The van der Waals surface area contributed by atoms with Gasteiger partial charge in [-0.3, -0.25) is 14.4 Å². The summed E-state index contributed by atoms with van der Waals surface area (Å²) < 4.78 is 20.4. The van der Waals surface area contributed by atoms with Crippen molar-refractivity contribution in [3.05, 3.63) is 212 Å². The lowest BCUT2D eigenvalue weighted by Gasteiger charge is -2.60. The van der Waals surface area contributed by atoms with Gasteiger partial charge in [0.15, 0.2) is 0 Å². The third-order valence-corrected chi connectivity index (χ3v) is 17.9. The Morgan fingerprint density at radius 3 is 0.711 bits per heavy atom. The number of ether oxygens (including phenoxy) is 3. The Morgan fingerprint density at radius 1 is 0.289 bits per heavy atom. The normalized spacial score (nSPS) is 19.6. The predicted octanol–water partition coefficient (Wildman–Crippen LogP) is 15.9. The van der Waals surface area contributed by atoms with Gasteiger partial charge < -0.3 is 29.5 Å². The van der Waals surface area contributed by atoms with Crippen LogP contribution in [0.5, 0.6) is 0 Å². The lowest BCUT2D eigenvalue weighted by Crippen LogP contribution is -2.91. The molecule has 1 aliphatic rings. The molecule has 12 heteroatoms. The van der Waals surface area contributed by atoms with Crippen molar-refractivity contribution in [1.82, 2.24) is 0 Å². The Hall–Kier alpha value is -7.38. The molecule has 1 fully saturated rings. The fourth-order valence-corrected chi connectivity index (χ4v) is 12.4. The van der Waals surface area contributed by atoms with Gasteiger partial charge in [0.2, 0.25) is 17.3 Å². The lowest BCUT2D eigenvalue weighted by atomic mass is 9.52. The van der Waals surface area contributed by atoms with Gasteiger partial charge in [-0.05, 0) is 147 Å². The second-order valence-corrected chi connectivity index (χ2v) is 24.6. The summed E-state index contributed by atoms with van der Waals surface area (Å²) in [6, 6.07) is 37.3. The molecule has 6 atom stereocenters. The summed E-state index contributed by atoms with van der Waals surface area (Å²) in [4.78, 5) is 99.2. The van der Waals surface area contributed by atoms with E-state index >= 15 is 28.8 Å². The third-order valence-electron chi connectivity index (χ3n) is 17.9. The van der Waals surface area contributed by atoms with Crippen LogP contribution in [0.1, 0.15) is 253 Å². The van der Waals surface area contributed by atoms with Gasteiger partial charge in [-0.1, -0.05) is 228 Å². The van der Waals surface area contributed by atoms with Crippen LogP contribution in [0.4, 0.5) is 0 Å². The highest BCUT2D eigenvalue weighted by Crippen LogP contribution is 2.56. The number of aryl methyl sites for hydroxylation is 6. The van der Waals surface area contributed by atoms with Crippen molar-refractivity contribution in [3.63, 3.8) is 0 Å². The summed E-state index contributed by atoms with van der Waals surface area (Å²) in [5.41, 5.74) is -8.30. The molecule has 1 aliphatic carbocycles. The molecule has 0 saturated heterocycles. The molecule has 0 spiro atoms. The Morgan fingerprint density at radius 2 is 0.489 bits per heavy atom. The molecule has 90 heavy (non-hydrogen) atoms. The van der Waals surface area contributed by atoms with Crippen LogP contribution in [0.25, 0.3) is 0 Å². The van der Waals surface area contributed by atoms with Crippen LogP contribution in [-0.2, 0) is 52.7 Å². The number of ketones is 3. The van der Waals surface area contributed by atoms with E-state index in [-0.39, 0.29) is 33.4 Å². The highest BCUT2D eigenvalue weighted by atomic mass is 16.7. The number of carbonyl (C=O) groups is 6. The van der Waals surface area contributed by atoms with Crippen molar-refractivity contribution in [3.8, 4) is 0 Å². The number of aliphatic hydroxyl groups is 3. The van der Waals surface area contributed by atoms with Gasteiger partial charge in [-0.25, -0.2) is 14.4 Å². The minimum atomic E-state index is -4.00. The van der Waals surface area contributed by atoms with Crippen LogP contribution in [0.3, 0.4) is 0 Å². The van der Waals surface area contributed by atoms with Crippen molar-refractivity contribution in [2.75, 3.05) is 0 Å². The van der Waals surface area contributed by atoms with E-state index in [9.17, 15) is 15.3 Å². The molecule has 0 aliphatic heterocycles. The smallest absolute Gasteiger partial charge is 0.339 e. The molecule has 480 valence electrons. The SMILES string of the molecule is CCCCCc1ccc(C(=O)O[C@@]2(C(=O)c3ccc(CCCCC)cc3)[C@@](OC(=O)c3ccc(CCCCC)cc3)(C(=O)c3ccc(CCCCC)cc3)[C@@H](O)[C@H](O)[C@@H](O)[C@@]2(OC(=O)c2ccc(CCCCC)cc2)C(=O)c2ccc(CCCCC)cc2)cc1. The van der Waals surface area contributed by atoms with Crippen LogP contribution in [0.15, 0.2) is 146 Å². The van der Waals surface area contributed by atoms with Gasteiger partial charge in [0.05, 0.1) is 16.7 Å². The summed E-state index contributed by atoms with van der Waals surface area (Å²) in [7, 11) is 0. The minimum absolute atomic E-state index is 0.199. The quantitative estimate of drug-likeness (QED) is 0.0146. The molecule has 7 rings (SSSR count). The first kappa shape index (κ1) is 70.1. The van der Waals surface area contributed by atoms with Crippen molar-refractivity contribution in [2.45, 2.75) is 231 Å². The molecule has 0 heterocycles. The molecule has 0 unspecified atom stereocenters. The zero-order chi connectivity index (χ0) is 64.7. The monoisotopic (exact) mass is 1220 g/mol. The van der Waals surface area contributed by atoms with Gasteiger partial charge >= 0.3 is 17.9 Å². The van der Waals surface area contributed by atoms with E-state index in [1.54, 1.807) is 72.8 Å². The summed E-state index contributed by atoms with van der Waals surface area (Å²) >= 11 is 0. The van der Waals surface area contributed by atoms with Crippen LogP contribution in [0, 0.1) is 0 Å². The molecular weight excluding hydrogens is 1130 g/mol. The Labute approximate surface area is 534 Å². The van der Waals surface area contributed by atoms with E-state index in [1.165, 1.54) is 72.8 Å². The Balaban J connectivity index is 1.65. The maximum atomic E-state index is 17.5. The van der Waals surface area contributed by atoms with E-state index in [1.807, 2.05) is 0 Å². The molecule has 3 N–H and O–H groups in total. The number of hydrogen-bond acceptors (Lipinski definition) is 12. The van der Waals surface area contributed by atoms with E-state index in [0.717, 1.165) is 149 Å². The molecule has 6 aromatic rings. The molecule has 0 amide bonds. The van der Waals surface area contributed by atoms with Gasteiger partial charge in [0, 0.05) is 16.7 Å². The number of rotatable bonds is 36. The zero-order valence-electron chi connectivity index (χ0n) is 54.1. The van der Waals surface area contributed by atoms with Gasteiger partial charge in [0.1, 0.15) is 18.3 Å². The van der Waals surface area contributed by atoms with E-state index in [0.29, 0.717) is 38.5 Å². The topological polar surface area (TPSA) is 191 Å².